The summed E-state index contributed by atoms with van der Waals surface area (Å²) >= 11 is 0. The largest absolute Gasteiger partial charge is 0.375 e. The number of nitrogens with one attached hydrogen (secondary N) is 1. The molecular formula is C11H14N2O4. The van der Waals surface area contributed by atoms with E-state index in [1.807, 2.05) is 0 Å². The average Bonchev–Trinajstić information content (AvgIpc) is 2.30. The summed E-state index contributed by atoms with van der Waals surface area (Å²) in [6.45, 7) is 0.528. The van der Waals surface area contributed by atoms with Crippen LogP contribution < -0.4 is 5.32 Å². The van der Waals surface area contributed by atoms with Gasteiger partial charge in [-0.1, -0.05) is 12.1 Å². The van der Waals surface area contributed by atoms with Crippen LogP contribution in [0.2, 0.25) is 0 Å². The maximum absolute atomic E-state index is 11.1. The lowest BCUT2D eigenvalue weighted by Gasteiger charge is -2.04. The van der Waals surface area contributed by atoms with Gasteiger partial charge in [-0.15, -0.1) is 0 Å². The van der Waals surface area contributed by atoms with Crippen LogP contribution in [-0.4, -0.2) is 31.1 Å². The Balaban J connectivity index is 2.37. The molecule has 0 fully saturated rings. The van der Waals surface area contributed by atoms with E-state index >= 15 is 0 Å². The van der Waals surface area contributed by atoms with Crippen molar-refractivity contribution in [2.24, 2.45) is 0 Å². The van der Waals surface area contributed by atoms with Gasteiger partial charge in [0.1, 0.15) is 6.61 Å². The van der Waals surface area contributed by atoms with E-state index in [9.17, 15) is 14.9 Å². The molecule has 0 radical (unpaired) electrons. The monoisotopic (exact) mass is 238 g/mol. The first-order chi connectivity index (χ1) is 8.13. The number of benzene rings is 1. The second kappa shape index (κ2) is 6.59. The van der Waals surface area contributed by atoms with Crippen LogP contribution in [-0.2, 0) is 16.0 Å². The van der Waals surface area contributed by atoms with E-state index in [1.54, 1.807) is 12.1 Å². The smallest absolute Gasteiger partial charge is 0.269 e. The Morgan fingerprint density at radius 2 is 2.06 bits per heavy atom. The van der Waals surface area contributed by atoms with Crippen molar-refractivity contribution in [1.29, 1.82) is 0 Å². The molecule has 0 aliphatic carbocycles. The number of amides is 1. The summed E-state index contributed by atoms with van der Waals surface area (Å²) in [6.07, 6.45) is 0.632. The van der Waals surface area contributed by atoms with Gasteiger partial charge in [0, 0.05) is 25.8 Å². The number of rotatable bonds is 6. The minimum atomic E-state index is -0.440. The molecule has 1 amide bonds. The van der Waals surface area contributed by atoms with Gasteiger partial charge in [0.05, 0.1) is 4.92 Å². The number of hydrogen-bond donors (Lipinski definition) is 1. The molecule has 17 heavy (non-hydrogen) atoms. The van der Waals surface area contributed by atoms with Crippen molar-refractivity contribution in [2.45, 2.75) is 6.42 Å². The van der Waals surface area contributed by atoms with Crippen LogP contribution in [0, 0.1) is 10.1 Å². The number of ether oxygens (including phenoxy) is 1. The molecule has 92 valence electrons. The summed E-state index contributed by atoms with van der Waals surface area (Å²) in [5, 5.41) is 13.1. The van der Waals surface area contributed by atoms with Crippen molar-refractivity contribution in [3.05, 3.63) is 39.9 Å². The molecule has 0 atom stereocenters. The third kappa shape index (κ3) is 4.60. The number of carbonyl (C=O) groups is 1. The quantitative estimate of drug-likeness (QED) is 0.589. The molecule has 1 rings (SSSR count). The van der Waals surface area contributed by atoms with Crippen molar-refractivity contribution in [1.82, 2.24) is 5.32 Å². The number of non-ortho nitro benzene ring substituents is 1. The van der Waals surface area contributed by atoms with Crippen molar-refractivity contribution in [2.75, 3.05) is 20.3 Å². The molecule has 1 N–H and O–H groups in total. The number of nitrogens with zero attached hydrogens (tertiary/aromatic N) is 1. The Hall–Kier alpha value is -1.95. The highest BCUT2D eigenvalue weighted by atomic mass is 16.6. The number of nitro groups is 1. The Bertz CT molecular complexity index is 389. The van der Waals surface area contributed by atoms with Gasteiger partial charge < -0.3 is 10.1 Å². The van der Waals surface area contributed by atoms with Crippen LogP contribution in [0.5, 0.6) is 0 Å². The second-order valence-electron chi connectivity index (χ2n) is 3.46. The van der Waals surface area contributed by atoms with E-state index < -0.39 is 4.92 Å². The van der Waals surface area contributed by atoms with Gasteiger partial charge >= 0.3 is 0 Å². The minimum Gasteiger partial charge on any atom is -0.375 e. The highest BCUT2D eigenvalue weighted by Crippen LogP contribution is 2.11. The van der Waals surface area contributed by atoms with Gasteiger partial charge in [-0.05, 0) is 12.0 Å². The first-order valence-electron chi connectivity index (χ1n) is 5.12. The summed E-state index contributed by atoms with van der Waals surface area (Å²) in [4.78, 5) is 21.0. The van der Waals surface area contributed by atoms with E-state index in [-0.39, 0.29) is 18.2 Å². The fourth-order valence-electron chi connectivity index (χ4n) is 1.31. The second-order valence-corrected chi connectivity index (χ2v) is 3.46. The van der Waals surface area contributed by atoms with Crippen LogP contribution >= 0.6 is 0 Å². The zero-order valence-electron chi connectivity index (χ0n) is 9.51. The number of nitro benzene ring substituents is 1. The first-order valence-corrected chi connectivity index (χ1v) is 5.12. The molecule has 0 unspecified atom stereocenters. The van der Waals surface area contributed by atoms with Gasteiger partial charge in [-0.25, -0.2) is 0 Å². The minimum absolute atomic E-state index is 0.0419. The molecule has 6 nitrogen and oxygen atoms in total. The van der Waals surface area contributed by atoms with Gasteiger partial charge in [0.25, 0.3) is 5.69 Å². The van der Waals surface area contributed by atoms with Gasteiger partial charge in [-0.3, -0.25) is 14.9 Å². The van der Waals surface area contributed by atoms with E-state index in [2.05, 4.69) is 10.1 Å². The van der Waals surface area contributed by atoms with E-state index in [0.717, 1.165) is 5.56 Å². The third-order valence-electron chi connectivity index (χ3n) is 2.16. The van der Waals surface area contributed by atoms with Crippen LogP contribution in [0.15, 0.2) is 24.3 Å². The topological polar surface area (TPSA) is 81.5 Å². The van der Waals surface area contributed by atoms with Crippen LogP contribution in [0.3, 0.4) is 0 Å². The fraction of sp³-hybridized carbons (Fsp3) is 0.364. The molecule has 0 aromatic heterocycles. The highest BCUT2D eigenvalue weighted by molar-refractivity contribution is 5.77. The summed E-state index contributed by atoms with van der Waals surface area (Å²) in [5.74, 6) is -0.172. The molecule has 0 aliphatic rings. The van der Waals surface area contributed by atoms with Crippen molar-refractivity contribution < 1.29 is 14.5 Å². The highest BCUT2D eigenvalue weighted by Gasteiger charge is 2.04. The Labute approximate surface area is 98.7 Å². The molecule has 6 heteroatoms. The summed E-state index contributed by atoms with van der Waals surface area (Å²) in [6, 6.07) is 6.26. The first kappa shape index (κ1) is 13.1. The Morgan fingerprint density at radius 1 is 1.41 bits per heavy atom. The lowest BCUT2D eigenvalue weighted by molar-refractivity contribution is -0.384. The van der Waals surface area contributed by atoms with Crippen LogP contribution in [0.1, 0.15) is 5.56 Å². The predicted molar refractivity (Wildman–Crippen MR) is 61.7 cm³/mol. The van der Waals surface area contributed by atoms with Crippen LogP contribution in [0.25, 0.3) is 0 Å². The molecule has 0 heterocycles. The molecule has 0 bridgehead atoms. The third-order valence-corrected chi connectivity index (χ3v) is 2.16. The van der Waals surface area contributed by atoms with E-state index in [0.29, 0.717) is 13.0 Å². The standard InChI is InChI=1S/C11H14N2O4/c1-17-8-11(14)12-7-6-9-2-4-10(5-3-9)13(15)16/h2-5H,6-8H2,1H3,(H,12,14). The summed E-state index contributed by atoms with van der Waals surface area (Å²) in [7, 11) is 1.45. The Morgan fingerprint density at radius 3 is 2.59 bits per heavy atom. The molecule has 0 saturated heterocycles. The van der Waals surface area contributed by atoms with Crippen LogP contribution in [0.4, 0.5) is 5.69 Å². The van der Waals surface area contributed by atoms with Gasteiger partial charge in [0.2, 0.25) is 5.91 Å². The van der Waals surface area contributed by atoms with Crippen molar-refractivity contribution in [3.8, 4) is 0 Å². The van der Waals surface area contributed by atoms with Gasteiger partial charge in [-0.2, -0.15) is 0 Å². The number of carbonyl (C=O) groups excluding carboxylic acids is 1. The molecule has 0 spiro atoms. The maximum Gasteiger partial charge on any atom is 0.269 e. The fourth-order valence-corrected chi connectivity index (χ4v) is 1.31. The summed E-state index contributed by atoms with van der Waals surface area (Å²) < 4.78 is 4.66. The lowest BCUT2D eigenvalue weighted by atomic mass is 10.1. The van der Waals surface area contributed by atoms with Crippen molar-refractivity contribution in [3.63, 3.8) is 0 Å². The number of methoxy groups -OCH3 is 1. The summed E-state index contributed by atoms with van der Waals surface area (Å²) in [5.41, 5.74) is 1.01. The normalized spacial score (nSPS) is 9.94. The van der Waals surface area contributed by atoms with E-state index in [1.165, 1.54) is 19.2 Å². The van der Waals surface area contributed by atoms with Gasteiger partial charge in [0.15, 0.2) is 0 Å². The zero-order valence-corrected chi connectivity index (χ0v) is 9.51. The number of hydrogen-bond acceptors (Lipinski definition) is 4. The van der Waals surface area contributed by atoms with Crippen molar-refractivity contribution >= 4 is 11.6 Å². The molecule has 0 aliphatic heterocycles. The Kier molecular flexibility index (Phi) is 5.09. The molecule has 1 aromatic carbocycles. The molecular weight excluding hydrogens is 224 g/mol. The molecule has 0 saturated carbocycles. The predicted octanol–water partition coefficient (Wildman–Crippen LogP) is 0.900. The SMILES string of the molecule is COCC(=O)NCCc1ccc([N+](=O)[O-])cc1. The lowest BCUT2D eigenvalue weighted by Crippen LogP contribution is -2.28. The molecule has 1 aromatic rings. The maximum atomic E-state index is 11.1. The average molecular weight is 238 g/mol. The zero-order chi connectivity index (χ0) is 12.7. The van der Waals surface area contributed by atoms with E-state index in [4.69, 9.17) is 0 Å².